The van der Waals surface area contributed by atoms with Crippen LogP contribution in [-0.2, 0) is 0 Å². The van der Waals surface area contributed by atoms with Crippen LogP contribution in [0.5, 0.6) is 0 Å². The Morgan fingerprint density at radius 3 is 3.05 bits per heavy atom. The average molecular weight is 367 g/mol. The third kappa shape index (κ3) is 2.75. The average Bonchev–Trinajstić information content (AvgIpc) is 3.03. The number of fused-ring (bicyclic) bond motifs is 1. The highest BCUT2D eigenvalue weighted by atomic mass is 79.9. The van der Waals surface area contributed by atoms with Crippen LogP contribution in [0.3, 0.4) is 0 Å². The second kappa shape index (κ2) is 5.75. The van der Waals surface area contributed by atoms with Gasteiger partial charge in [0.15, 0.2) is 5.65 Å². The van der Waals surface area contributed by atoms with E-state index in [0.29, 0.717) is 12.5 Å². The molecule has 1 aliphatic rings. The zero-order valence-electron chi connectivity index (χ0n) is 12.6. The summed E-state index contributed by atoms with van der Waals surface area (Å²) >= 11 is 3.55. The lowest BCUT2D eigenvalue weighted by molar-refractivity contribution is 0.247. The first kappa shape index (κ1) is 15.1. The van der Waals surface area contributed by atoms with E-state index >= 15 is 0 Å². The van der Waals surface area contributed by atoms with Gasteiger partial charge in [-0.3, -0.25) is 0 Å². The van der Waals surface area contributed by atoms with Crippen LogP contribution >= 0.6 is 15.9 Å². The predicted octanol–water partition coefficient (Wildman–Crippen LogP) is 1.60. The molecule has 22 heavy (non-hydrogen) atoms. The quantitative estimate of drug-likeness (QED) is 0.863. The number of rotatable bonds is 3. The number of nitrogens with zero attached hydrogens (tertiary/aromatic N) is 4. The van der Waals surface area contributed by atoms with Crippen LogP contribution in [0, 0.1) is 19.8 Å². The first-order valence-electron chi connectivity index (χ1n) is 7.26. The maximum atomic E-state index is 10.8. The molecule has 2 aromatic heterocycles. The third-order valence-electron chi connectivity index (χ3n) is 3.98. The molecule has 0 spiro atoms. The first-order valence-corrected chi connectivity index (χ1v) is 8.05. The summed E-state index contributed by atoms with van der Waals surface area (Å²) in [6, 6.07) is 1.59. The normalized spacial score (nSPS) is 18.1. The molecule has 7 nitrogen and oxygen atoms in total. The molecule has 2 amide bonds. The third-order valence-corrected chi connectivity index (χ3v) is 4.91. The van der Waals surface area contributed by atoms with E-state index < -0.39 is 6.03 Å². The van der Waals surface area contributed by atoms with Gasteiger partial charge < -0.3 is 16.0 Å². The molecule has 2 aromatic rings. The van der Waals surface area contributed by atoms with Crippen LogP contribution in [-0.4, -0.2) is 40.3 Å². The van der Waals surface area contributed by atoms with E-state index in [1.165, 1.54) is 0 Å². The highest BCUT2D eigenvalue weighted by molar-refractivity contribution is 9.10. The number of nitrogens with two attached hydrogens (primary N) is 1. The maximum Gasteiger partial charge on any atom is 0.312 e. The summed E-state index contributed by atoms with van der Waals surface area (Å²) in [6.45, 7) is 6.36. The van der Waals surface area contributed by atoms with E-state index in [4.69, 9.17) is 5.73 Å². The molecule has 0 saturated carbocycles. The molecule has 0 aliphatic carbocycles. The van der Waals surface area contributed by atoms with Crippen molar-refractivity contribution >= 4 is 33.4 Å². The second-order valence-corrected chi connectivity index (χ2v) is 6.53. The summed E-state index contributed by atoms with van der Waals surface area (Å²) in [7, 11) is 0. The van der Waals surface area contributed by atoms with Gasteiger partial charge in [-0.1, -0.05) is 0 Å². The van der Waals surface area contributed by atoms with Crippen molar-refractivity contribution in [3.8, 4) is 0 Å². The second-order valence-electron chi connectivity index (χ2n) is 5.74. The van der Waals surface area contributed by atoms with Crippen molar-refractivity contribution in [2.75, 3.05) is 24.5 Å². The summed E-state index contributed by atoms with van der Waals surface area (Å²) in [6.07, 6.45) is 1.02. The van der Waals surface area contributed by atoms with Gasteiger partial charge in [0.25, 0.3) is 0 Å². The Bertz CT molecular complexity index is 728. The molecule has 0 aromatic carbocycles. The molecule has 0 radical (unpaired) electrons. The lowest BCUT2D eigenvalue weighted by atomic mass is 10.1. The van der Waals surface area contributed by atoms with E-state index in [-0.39, 0.29) is 0 Å². The largest absolute Gasteiger partial charge is 0.356 e. The minimum atomic E-state index is -0.466. The fourth-order valence-electron chi connectivity index (χ4n) is 2.88. The first-order chi connectivity index (χ1) is 10.5. The minimum absolute atomic E-state index is 0.399. The minimum Gasteiger partial charge on any atom is -0.356 e. The van der Waals surface area contributed by atoms with Crippen LogP contribution in [0.2, 0.25) is 0 Å². The smallest absolute Gasteiger partial charge is 0.312 e. The molecule has 1 fully saturated rings. The van der Waals surface area contributed by atoms with Gasteiger partial charge >= 0.3 is 6.03 Å². The van der Waals surface area contributed by atoms with Gasteiger partial charge in [0.05, 0.1) is 10.2 Å². The van der Waals surface area contributed by atoms with Crippen LogP contribution < -0.4 is 16.0 Å². The molecule has 0 bridgehead atoms. The molecule has 3 N–H and O–H groups in total. The van der Waals surface area contributed by atoms with Crippen molar-refractivity contribution in [1.29, 1.82) is 0 Å². The number of aromatic nitrogens is 3. The van der Waals surface area contributed by atoms with E-state index in [0.717, 1.165) is 46.8 Å². The number of amides is 2. The molecular formula is C14H19BrN6O. The SMILES string of the molecule is Cc1cc(N2CCC(CNC(N)=O)C2)n2nc(C)c(Br)c2n1. The lowest BCUT2D eigenvalue weighted by Gasteiger charge is -2.20. The van der Waals surface area contributed by atoms with Crippen LogP contribution in [0.4, 0.5) is 10.6 Å². The van der Waals surface area contributed by atoms with Crippen LogP contribution in [0.1, 0.15) is 17.8 Å². The lowest BCUT2D eigenvalue weighted by Crippen LogP contribution is -2.34. The Morgan fingerprint density at radius 2 is 2.32 bits per heavy atom. The topological polar surface area (TPSA) is 88.5 Å². The Labute approximate surface area is 137 Å². The molecular weight excluding hydrogens is 348 g/mol. The molecule has 118 valence electrons. The van der Waals surface area contributed by atoms with E-state index in [1.54, 1.807) is 0 Å². The summed E-state index contributed by atoms with van der Waals surface area (Å²) in [4.78, 5) is 17.7. The summed E-state index contributed by atoms with van der Waals surface area (Å²) < 4.78 is 2.82. The van der Waals surface area contributed by atoms with E-state index in [9.17, 15) is 4.79 Å². The molecule has 1 aliphatic heterocycles. The highest BCUT2D eigenvalue weighted by Gasteiger charge is 2.25. The monoisotopic (exact) mass is 366 g/mol. The molecule has 3 heterocycles. The number of urea groups is 1. The highest BCUT2D eigenvalue weighted by Crippen LogP contribution is 2.28. The predicted molar refractivity (Wildman–Crippen MR) is 88.1 cm³/mol. The molecule has 8 heteroatoms. The van der Waals surface area contributed by atoms with Crippen molar-refractivity contribution in [2.45, 2.75) is 20.3 Å². The number of hydrogen-bond donors (Lipinski definition) is 2. The zero-order valence-corrected chi connectivity index (χ0v) is 14.2. The van der Waals surface area contributed by atoms with Gasteiger partial charge in [0.2, 0.25) is 0 Å². The summed E-state index contributed by atoms with van der Waals surface area (Å²) in [5.74, 6) is 1.44. The molecule has 1 unspecified atom stereocenters. The number of carbonyl (C=O) groups excluding carboxylic acids is 1. The fourth-order valence-corrected chi connectivity index (χ4v) is 3.21. The number of nitrogens with one attached hydrogen (secondary N) is 1. The zero-order chi connectivity index (χ0) is 15.9. The number of primary amides is 1. The van der Waals surface area contributed by atoms with Crippen LogP contribution in [0.25, 0.3) is 5.65 Å². The van der Waals surface area contributed by atoms with E-state index in [2.05, 4.69) is 42.3 Å². The molecule has 1 saturated heterocycles. The Kier molecular flexibility index (Phi) is 3.94. The van der Waals surface area contributed by atoms with Crippen molar-refractivity contribution in [1.82, 2.24) is 19.9 Å². The number of anilines is 1. The van der Waals surface area contributed by atoms with Crippen LogP contribution in [0.15, 0.2) is 10.5 Å². The van der Waals surface area contributed by atoms with Crippen molar-refractivity contribution in [3.63, 3.8) is 0 Å². The van der Waals surface area contributed by atoms with Gasteiger partial charge in [0.1, 0.15) is 5.82 Å². The number of halogens is 1. The van der Waals surface area contributed by atoms with Crippen molar-refractivity contribution in [3.05, 3.63) is 21.9 Å². The van der Waals surface area contributed by atoms with Gasteiger partial charge in [-0.2, -0.15) is 9.61 Å². The summed E-state index contributed by atoms with van der Waals surface area (Å²) in [5, 5.41) is 7.26. The van der Waals surface area contributed by atoms with Gasteiger partial charge in [-0.05, 0) is 42.1 Å². The summed E-state index contributed by atoms with van der Waals surface area (Å²) in [5.41, 5.74) is 7.86. The van der Waals surface area contributed by atoms with Crippen molar-refractivity contribution in [2.24, 2.45) is 11.7 Å². The van der Waals surface area contributed by atoms with Gasteiger partial charge in [-0.25, -0.2) is 9.78 Å². The van der Waals surface area contributed by atoms with Gasteiger partial charge in [0, 0.05) is 31.4 Å². The Hall–Kier alpha value is -1.83. The maximum absolute atomic E-state index is 10.8. The van der Waals surface area contributed by atoms with Crippen molar-refractivity contribution < 1.29 is 4.79 Å². The number of hydrogen-bond acceptors (Lipinski definition) is 4. The number of carbonyl (C=O) groups is 1. The fraction of sp³-hybridized carbons (Fsp3) is 0.500. The molecule has 1 atom stereocenters. The Balaban J connectivity index is 1.88. The standard InChI is InChI=1S/C14H19BrN6O/c1-8-5-11(21-13(18-8)12(15)9(2)19-21)20-4-3-10(7-20)6-17-14(16)22/h5,10H,3-4,6-7H2,1-2H3,(H3,16,17,22). The Morgan fingerprint density at radius 1 is 1.55 bits per heavy atom. The van der Waals surface area contributed by atoms with E-state index in [1.807, 2.05) is 18.4 Å². The molecule has 3 rings (SSSR count). The number of aryl methyl sites for hydroxylation is 2. The van der Waals surface area contributed by atoms with Gasteiger partial charge in [-0.15, -0.1) is 0 Å².